The van der Waals surface area contributed by atoms with Gasteiger partial charge in [0.05, 0.1) is 23.3 Å². The van der Waals surface area contributed by atoms with Crippen LogP contribution < -0.4 is 5.14 Å². The minimum Gasteiger partial charge on any atom is -0.332 e. The molecule has 2 heterocycles. The average molecular weight is 506 g/mol. The molecule has 1 aromatic carbocycles. The first-order valence-corrected chi connectivity index (χ1v) is 13.4. The van der Waals surface area contributed by atoms with Crippen LogP contribution in [0.4, 0.5) is 0 Å². The van der Waals surface area contributed by atoms with Crippen molar-refractivity contribution >= 4 is 37.1 Å². The predicted octanol–water partition coefficient (Wildman–Crippen LogP) is 1.68. The lowest BCUT2D eigenvalue weighted by atomic mass is 10.00. The second-order valence-corrected chi connectivity index (χ2v) is 12.6. The summed E-state index contributed by atoms with van der Waals surface area (Å²) in [5, 5.41) is 21.5. The van der Waals surface area contributed by atoms with Crippen LogP contribution in [0.15, 0.2) is 38.8 Å². The van der Waals surface area contributed by atoms with Crippen molar-refractivity contribution in [2.75, 3.05) is 6.54 Å². The van der Waals surface area contributed by atoms with Gasteiger partial charge in [-0.3, -0.25) is 15.2 Å². The van der Waals surface area contributed by atoms with E-state index in [1.165, 1.54) is 24.0 Å². The molecule has 176 valence electrons. The molecule has 11 nitrogen and oxygen atoms in total. The zero-order valence-corrected chi connectivity index (χ0v) is 19.7. The maximum atomic E-state index is 13.5. The normalized spacial score (nSPS) is 20.2. The third-order valence-corrected chi connectivity index (χ3v) is 10.6. The third kappa shape index (κ3) is 4.72. The molecule has 0 fully saturated rings. The lowest BCUT2D eigenvalue weighted by molar-refractivity contribution is -0.497. The van der Waals surface area contributed by atoms with Gasteiger partial charge in [-0.25, -0.2) is 26.8 Å². The van der Waals surface area contributed by atoms with Crippen molar-refractivity contribution < 1.29 is 36.9 Å². The van der Waals surface area contributed by atoms with Crippen LogP contribution in [0.2, 0.25) is 0 Å². The molecular formula is C18H23N3O8S3. The number of benzene rings is 1. The van der Waals surface area contributed by atoms with Gasteiger partial charge in [-0.2, -0.15) is 0 Å². The van der Waals surface area contributed by atoms with Gasteiger partial charge in [0.15, 0.2) is 9.84 Å². The van der Waals surface area contributed by atoms with Crippen molar-refractivity contribution in [3.05, 3.63) is 47.0 Å². The number of primary sulfonamides is 1. The van der Waals surface area contributed by atoms with Crippen LogP contribution >= 0.6 is 11.3 Å². The molecule has 1 unspecified atom stereocenters. The SMILES string of the molecule is CCN(C(=O)c1ccccc1CON(O)O)[C@H]1CC(C)S(=O)(=O)c2sc(S(N)(=O)=O)cc21. The van der Waals surface area contributed by atoms with E-state index in [0.29, 0.717) is 16.9 Å². The number of amides is 1. The van der Waals surface area contributed by atoms with Gasteiger partial charge in [-0.05, 0) is 38.0 Å². The fourth-order valence-corrected chi connectivity index (χ4v) is 8.05. The second kappa shape index (κ2) is 9.15. The van der Waals surface area contributed by atoms with Crippen molar-refractivity contribution in [1.29, 1.82) is 0 Å². The van der Waals surface area contributed by atoms with Gasteiger partial charge in [0.1, 0.15) is 8.42 Å². The summed E-state index contributed by atoms with van der Waals surface area (Å²) in [5.41, 5.74) is 0.815. The van der Waals surface area contributed by atoms with E-state index in [0.717, 1.165) is 0 Å². The molecule has 1 aliphatic heterocycles. The van der Waals surface area contributed by atoms with Gasteiger partial charge in [0, 0.05) is 17.7 Å². The van der Waals surface area contributed by atoms with E-state index in [1.54, 1.807) is 25.1 Å². The fraction of sp³-hybridized carbons (Fsp3) is 0.389. The first-order chi connectivity index (χ1) is 14.9. The molecule has 0 aliphatic carbocycles. The van der Waals surface area contributed by atoms with E-state index < -0.39 is 42.4 Å². The second-order valence-electron chi connectivity index (χ2n) is 7.23. The van der Waals surface area contributed by atoms with E-state index in [4.69, 9.17) is 15.6 Å². The Morgan fingerprint density at radius 1 is 1.31 bits per heavy atom. The molecule has 1 amide bonds. The molecule has 4 N–H and O–H groups in total. The van der Waals surface area contributed by atoms with Crippen LogP contribution in [0.1, 0.15) is 47.8 Å². The number of hydrogen-bond donors (Lipinski definition) is 3. The zero-order chi connectivity index (χ0) is 23.8. The van der Waals surface area contributed by atoms with E-state index in [1.807, 2.05) is 0 Å². The Bertz CT molecular complexity index is 1220. The van der Waals surface area contributed by atoms with Gasteiger partial charge in [0.2, 0.25) is 10.0 Å². The Labute approximate surface area is 189 Å². The molecule has 2 atom stereocenters. The van der Waals surface area contributed by atoms with Gasteiger partial charge >= 0.3 is 0 Å². The number of thiophene rings is 1. The van der Waals surface area contributed by atoms with Crippen molar-refractivity contribution in [3.63, 3.8) is 0 Å². The zero-order valence-electron chi connectivity index (χ0n) is 17.2. The topological polar surface area (TPSA) is 168 Å². The summed E-state index contributed by atoms with van der Waals surface area (Å²) >= 11 is 0.587. The quantitative estimate of drug-likeness (QED) is 0.474. The Morgan fingerprint density at radius 2 is 1.97 bits per heavy atom. The van der Waals surface area contributed by atoms with Crippen LogP contribution in [0.25, 0.3) is 0 Å². The summed E-state index contributed by atoms with van der Waals surface area (Å²) in [6, 6.07) is 6.92. The van der Waals surface area contributed by atoms with E-state index >= 15 is 0 Å². The van der Waals surface area contributed by atoms with Gasteiger partial charge in [-0.15, -0.1) is 11.3 Å². The third-order valence-electron chi connectivity index (χ3n) is 5.25. The summed E-state index contributed by atoms with van der Waals surface area (Å²) in [4.78, 5) is 19.6. The summed E-state index contributed by atoms with van der Waals surface area (Å²) in [6.07, 6.45) is 0.0788. The van der Waals surface area contributed by atoms with Gasteiger partial charge < -0.3 is 4.90 Å². The monoisotopic (exact) mass is 505 g/mol. The predicted molar refractivity (Wildman–Crippen MR) is 113 cm³/mol. The Morgan fingerprint density at radius 3 is 2.56 bits per heavy atom. The largest absolute Gasteiger partial charge is 0.332 e. The number of sulfone groups is 1. The molecule has 1 aliphatic rings. The molecule has 0 radical (unpaired) electrons. The number of rotatable bonds is 7. The lowest BCUT2D eigenvalue weighted by Gasteiger charge is -2.36. The van der Waals surface area contributed by atoms with Crippen LogP contribution in [-0.4, -0.2) is 55.2 Å². The van der Waals surface area contributed by atoms with Crippen LogP contribution in [0.5, 0.6) is 0 Å². The standard InChI is InChI=1S/C18H23N3O8S3/c1-3-20(17(22)13-7-5-4-6-12(13)10-29-21(23)24)15-8-11(2)31(25,26)18-14(15)9-16(30-18)32(19,27)28/h4-7,9,11,15,23-24H,3,8,10H2,1-2H3,(H2,19,27,28)/t11?,15-/m0/s1. The smallest absolute Gasteiger partial charge is 0.254 e. The van der Waals surface area contributed by atoms with E-state index in [2.05, 4.69) is 4.84 Å². The van der Waals surface area contributed by atoms with E-state index in [9.17, 15) is 21.6 Å². The highest BCUT2D eigenvalue weighted by atomic mass is 32.3. The number of nitrogens with two attached hydrogens (primary N) is 1. The molecule has 32 heavy (non-hydrogen) atoms. The highest BCUT2D eigenvalue weighted by Crippen LogP contribution is 2.45. The molecule has 2 aromatic rings. The van der Waals surface area contributed by atoms with Crippen molar-refractivity contribution in [2.24, 2.45) is 5.14 Å². The maximum absolute atomic E-state index is 13.5. The van der Waals surface area contributed by atoms with Gasteiger partial charge in [-0.1, -0.05) is 18.2 Å². The molecule has 3 rings (SSSR count). The van der Waals surface area contributed by atoms with E-state index in [-0.39, 0.29) is 39.1 Å². The molecule has 0 saturated carbocycles. The van der Waals surface area contributed by atoms with Crippen LogP contribution in [0, 0.1) is 0 Å². The summed E-state index contributed by atoms with van der Waals surface area (Å²) in [5.74, 6) is -0.445. The lowest BCUT2D eigenvalue weighted by Crippen LogP contribution is -2.40. The molecule has 1 aromatic heterocycles. The first kappa shape index (κ1) is 24.7. The minimum absolute atomic E-state index is 0.0788. The Kier molecular flexibility index (Phi) is 7.07. The summed E-state index contributed by atoms with van der Waals surface area (Å²) < 4.78 is 49.0. The van der Waals surface area contributed by atoms with Crippen molar-refractivity contribution in [3.8, 4) is 0 Å². The number of fused-ring (bicyclic) bond motifs is 1. The van der Waals surface area contributed by atoms with Crippen molar-refractivity contribution in [2.45, 2.75) is 46.6 Å². The van der Waals surface area contributed by atoms with Crippen LogP contribution in [-0.2, 0) is 31.3 Å². The first-order valence-electron chi connectivity index (χ1n) is 9.48. The molecule has 14 heteroatoms. The molecule has 0 spiro atoms. The highest BCUT2D eigenvalue weighted by molar-refractivity contribution is 7.95. The van der Waals surface area contributed by atoms with Crippen LogP contribution in [0.3, 0.4) is 0 Å². The van der Waals surface area contributed by atoms with Gasteiger partial charge in [0.25, 0.3) is 5.91 Å². The molecular weight excluding hydrogens is 482 g/mol. The molecule has 0 saturated heterocycles. The Balaban J connectivity index is 2.07. The highest BCUT2D eigenvalue weighted by Gasteiger charge is 2.42. The number of carbonyl (C=O) groups excluding carboxylic acids is 1. The average Bonchev–Trinajstić information content (AvgIpc) is 3.18. The number of hydrogen-bond acceptors (Lipinski definition) is 10. The number of sulfonamides is 1. The Hall–Kier alpha value is -1.91. The summed E-state index contributed by atoms with van der Waals surface area (Å²) in [7, 11) is -7.90. The fourth-order valence-electron chi connectivity index (χ4n) is 3.65. The number of carbonyl (C=O) groups is 1. The van der Waals surface area contributed by atoms with Crippen molar-refractivity contribution in [1.82, 2.24) is 10.3 Å². The number of nitrogens with zero attached hydrogens (tertiary/aromatic N) is 2. The minimum atomic E-state index is -4.13. The maximum Gasteiger partial charge on any atom is 0.254 e. The summed E-state index contributed by atoms with van der Waals surface area (Å²) in [6.45, 7) is 3.14. The molecule has 0 bridgehead atoms.